The summed E-state index contributed by atoms with van der Waals surface area (Å²) in [5.41, 5.74) is 3.03. The van der Waals surface area contributed by atoms with Gasteiger partial charge in [-0.1, -0.05) is 103 Å². The number of rotatable bonds is 7. The molecule has 0 saturated carbocycles. The van der Waals surface area contributed by atoms with Crippen molar-refractivity contribution in [2.75, 3.05) is 16.8 Å². The standard InChI is InChI=1S/C35H32N6O4/c1-35(2)32(41(45)33(43)37-29-20-10-16-25-14-6-8-18-27(25)29)40(30-21-11-17-26-15-7-9-19-28(26)30)34(44)39(35)23-31(42)38-36-22-24-12-4-3-5-13-24/h3-22,32,45H,23H2,1-2H3,(H,37,43)(H,38,42)/b36-22+. The first-order chi connectivity index (χ1) is 21.8. The van der Waals surface area contributed by atoms with Gasteiger partial charge in [0.15, 0.2) is 6.17 Å². The van der Waals surface area contributed by atoms with Crippen LogP contribution < -0.4 is 15.6 Å². The molecule has 10 nitrogen and oxygen atoms in total. The lowest BCUT2D eigenvalue weighted by Crippen LogP contribution is -2.58. The van der Waals surface area contributed by atoms with E-state index in [1.54, 1.807) is 32.0 Å². The number of benzene rings is 5. The van der Waals surface area contributed by atoms with Gasteiger partial charge in [0, 0.05) is 10.8 Å². The Bertz CT molecular complexity index is 1920. The molecule has 0 aliphatic carbocycles. The molecule has 1 unspecified atom stereocenters. The van der Waals surface area contributed by atoms with Gasteiger partial charge in [0.2, 0.25) is 0 Å². The van der Waals surface area contributed by atoms with Crippen LogP contribution in [0.1, 0.15) is 19.4 Å². The summed E-state index contributed by atoms with van der Waals surface area (Å²) in [6.07, 6.45) is 0.291. The maximum atomic E-state index is 14.2. The molecule has 5 aromatic rings. The lowest BCUT2D eigenvalue weighted by atomic mass is 9.99. The zero-order valence-corrected chi connectivity index (χ0v) is 24.8. The van der Waals surface area contributed by atoms with Crippen molar-refractivity contribution < 1.29 is 19.6 Å². The minimum atomic E-state index is -1.24. The van der Waals surface area contributed by atoms with E-state index in [2.05, 4.69) is 15.8 Å². The number of fused-ring (bicyclic) bond motifs is 2. The van der Waals surface area contributed by atoms with Crippen LogP contribution in [0, 0.1) is 0 Å². The summed E-state index contributed by atoms with van der Waals surface area (Å²) in [5, 5.41) is 22.3. The van der Waals surface area contributed by atoms with Crippen molar-refractivity contribution in [3.05, 3.63) is 121 Å². The maximum absolute atomic E-state index is 14.2. The molecule has 1 atom stereocenters. The lowest BCUT2D eigenvalue weighted by molar-refractivity contribution is -0.124. The number of nitrogens with zero attached hydrogens (tertiary/aromatic N) is 4. The van der Waals surface area contributed by atoms with Crippen LogP contribution in [0.25, 0.3) is 21.5 Å². The van der Waals surface area contributed by atoms with Gasteiger partial charge < -0.3 is 10.2 Å². The summed E-state index contributed by atoms with van der Waals surface area (Å²) in [4.78, 5) is 43.7. The van der Waals surface area contributed by atoms with Crippen molar-refractivity contribution in [2.45, 2.75) is 25.6 Å². The highest BCUT2D eigenvalue weighted by Crippen LogP contribution is 2.40. The lowest BCUT2D eigenvalue weighted by Gasteiger charge is -2.38. The molecule has 6 rings (SSSR count). The van der Waals surface area contributed by atoms with E-state index in [0.29, 0.717) is 16.4 Å². The summed E-state index contributed by atoms with van der Waals surface area (Å²) in [6.45, 7) is 3.04. The minimum absolute atomic E-state index is 0.367. The molecule has 5 amide bonds. The van der Waals surface area contributed by atoms with E-state index in [4.69, 9.17) is 0 Å². The monoisotopic (exact) mass is 600 g/mol. The third-order valence-electron chi connectivity index (χ3n) is 8.01. The molecule has 10 heteroatoms. The smallest absolute Gasteiger partial charge is 0.306 e. The molecule has 0 radical (unpaired) electrons. The van der Waals surface area contributed by atoms with Gasteiger partial charge in [-0.2, -0.15) is 10.2 Å². The number of urea groups is 2. The summed E-state index contributed by atoms with van der Waals surface area (Å²) >= 11 is 0. The Hall–Kier alpha value is -5.74. The van der Waals surface area contributed by atoms with E-state index < -0.39 is 29.7 Å². The van der Waals surface area contributed by atoms with Crippen molar-refractivity contribution in [3.63, 3.8) is 0 Å². The molecule has 0 spiro atoms. The Labute approximate surface area is 260 Å². The van der Waals surface area contributed by atoms with Gasteiger partial charge in [0.05, 0.1) is 23.1 Å². The van der Waals surface area contributed by atoms with E-state index in [0.717, 1.165) is 27.1 Å². The van der Waals surface area contributed by atoms with E-state index in [1.807, 2.05) is 97.1 Å². The Morgan fingerprint density at radius 3 is 2.18 bits per heavy atom. The van der Waals surface area contributed by atoms with Gasteiger partial charge in [0.1, 0.15) is 6.54 Å². The van der Waals surface area contributed by atoms with Gasteiger partial charge in [-0.15, -0.1) is 0 Å². The molecule has 1 saturated heterocycles. The first-order valence-electron chi connectivity index (χ1n) is 14.5. The highest BCUT2D eigenvalue weighted by molar-refractivity contribution is 6.07. The molecule has 3 N–H and O–H groups in total. The summed E-state index contributed by atoms with van der Waals surface area (Å²) in [5.74, 6) is -0.535. The highest BCUT2D eigenvalue weighted by atomic mass is 16.5. The molecule has 45 heavy (non-hydrogen) atoms. The van der Waals surface area contributed by atoms with Crippen LogP contribution in [-0.2, 0) is 4.79 Å². The Balaban J connectivity index is 1.33. The van der Waals surface area contributed by atoms with Gasteiger partial charge in [-0.25, -0.2) is 15.0 Å². The number of amides is 5. The molecule has 0 aromatic heterocycles. The van der Waals surface area contributed by atoms with Crippen LogP contribution >= 0.6 is 0 Å². The maximum Gasteiger partial charge on any atom is 0.347 e. The van der Waals surface area contributed by atoms with Crippen molar-refractivity contribution in [1.29, 1.82) is 0 Å². The molecule has 0 bridgehead atoms. The summed E-state index contributed by atoms with van der Waals surface area (Å²) < 4.78 is 0. The quantitative estimate of drug-likeness (QED) is 0.114. The van der Waals surface area contributed by atoms with Crippen LogP contribution in [0.5, 0.6) is 0 Å². The van der Waals surface area contributed by atoms with Gasteiger partial charge in [-0.3, -0.25) is 14.9 Å². The fourth-order valence-corrected chi connectivity index (χ4v) is 5.78. The predicted molar refractivity (Wildman–Crippen MR) is 175 cm³/mol. The second-order valence-electron chi connectivity index (χ2n) is 11.3. The first kappa shape index (κ1) is 29.3. The minimum Gasteiger partial charge on any atom is -0.306 e. The van der Waals surface area contributed by atoms with Crippen LogP contribution in [0.3, 0.4) is 0 Å². The van der Waals surface area contributed by atoms with E-state index >= 15 is 0 Å². The molecular formula is C35H32N6O4. The molecule has 1 aliphatic rings. The largest absolute Gasteiger partial charge is 0.347 e. The van der Waals surface area contributed by atoms with E-state index in [1.165, 1.54) is 16.0 Å². The normalized spacial score (nSPS) is 16.0. The van der Waals surface area contributed by atoms with Crippen LogP contribution in [0.15, 0.2) is 120 Å². The fraction of sp³-hybridized carbons (Fsp3) is 0.143. The topological polar surface area (TPSA) is 118 Å². The Kier molecular flexibility index (Phi) is 7.89. The van der Waals surface area contributed by atoms with Crippen LogP contribution in [0.4, 0.5) is 21.0 Å². The summed E-state index contributed by atoms with van der Waals surface area (Å²) in [6, 6.07) is 33.9. The summed E-state index contributed by atoms with van der Waals surface area (Å²) in [7, 11) is 0. The molecule has 226 valence electrons. The number of hydrogen-bond donors (Lipinski definition) is 3. The Morgan fingerprint density at radius 2 is 1.44 bits per heavy atom. The number of hydrogen-bond acceptors (Lipinski definition) is 5. The SMILES string of the molecule is CC1(C)C(N(O)C(=O)Nc2cccc3ccccc23)N(c2cccc3ccccc23)C(=O)N1CC(=O)N/N=C/c1ccccc1. The highest BCUT2D eigenvalue weighted by Gasteiger charge is 2.56. The molecule has 1 aliphatic heterocycles. The van der Waals surface area contributed by atoms with Gasteiger partial charge >= 0.3 is 12.1 Å². The average Bonchev–Trinajstić information content (AvgIpc) is 3.24. The zero-order valence-electron chi connectivity index (χ0n) is 24.8. The van der Waals surface area contributed by atoms with Crippen molar-refractivity contribution in [3.8, 4) is 0 Å². The second kappa shape index (κ2) is 12.1. The third kappa shape index (κ3) is 5.66. The van der Waals surface area contributed by atoms with Crippen LogP contribution in [0.2, 0.25) is 0 Å². The van der Waals surface area contributed by atoms with Gasteiger partial charge in [-0.05, 0) is 42.3 Å². The van der Waals surface area contributed by atoms with Crippen molar-refractivity contribution in [1.82, 2.24) is 15.4 Å². The number of carbonyl (C=O) groups is 3. The van der Waals surface area contributed by atoms with Gasteiger partial charge in [0.25, 0.3) is 5.91 Å². The number of anilines is 2. The predicted octanol–water partition coefficient (Wildman–Crippen LogP) is 6.41. The zero-order chi connectivity index (χ0) is 31.6. The van der Waals surface area contributed by atoms with Crippen molar-refractivity contribution >= 4 is 57.1 Å². The fourth-order valence-electron chi connectivity index (χ4n) is 5.78. The molecule has 5 aromatic carbocycles. The van der Waals surface area contributed by atoms with Crippen molar-refractivity contribution in [2.24, 2.45) is 5.10 Å². The average molecular weight is 601 g/mol. The number of hydrazone groups is 1. The third-order valence-corrected chi connectivity index (χ3v) is 8.01. The number of hydroxylamine groups is 2. The second-order valence-corrected chi connectivity index (χ2v) is 11.3. The van der Waals surface area contributed by atoms with E-state index in [9.17, 15) is 19.6 Å². The molecular weight excluding hydrogens is 568 g/mol. The first-order valence-corrected chi connectivity index (χ1v) is 14.5. The number of nitrogens with one attached hydrogen (secondary N) is 2. The van der Waals surface area contributed by atoms with Crippen LogP contribution in [-0.4, -0.2) is 57.6 Å². The molecule has 1 fully saturated rings. The van der Waals surface area contributed by atoms with E-state index in [-0.39, 0.29) is 6.54 Å². The molecule has 1 heterocycles. The number of carbonyl (C=O) groups excluding carboxylic acids is 3. The Morgan fingerprint density at radius 1 is 0.844 bits per heavy atom.